The van der Waals surface area contributed by atoms with Gasteiger partial charge in [-0.15, -0.1) is 0 Å². The smallest absolute Gasteiger partial charge is 0.217 e. The third-order valence-corrected chi connectivity index (χ3v) is 6.11. The van der Waals surface area contributed by atoms with Crippen molar-refractivity contribution < 1.29 is 18.9 Å². The molecule has 0 aromatic heterocycles. The van der Waals surface area contributed by atoms with E-state index in [0.717, 1.165) is 40.3 Å². The number of hydrogen-bond donors (Lipinski definition) is 0. The van der Waals surface area contributed by atoms with Gasteiger partial charge >= 0.3 is 0 Å². The van der Waals surface area contributed by atoms with Gasteiger partial charge in [0.05, 0.1) is 38.6 Å². The predicted octanol–water partition coefficient (Wildman–Crippen LogP) is 5.61. The van der Waals surface area contributed by atoms with Gasteiger partial charge in [0, 0.05) is 17.0 Å². The lowest BCUT2D eigenvalue weighted by atomic mass is 9.95. The largest absolute Gasteiger partial charge is 0.497 e. The Balaban J connectivity index is 1.62. The maximum absolute atomic E-state index is 6.45. The van der Waals surface area contributed by atoms with Crippen LogP contribution in [0.25, 0.3) is 0 Å². The van der Waals surface area contributed by atoms with E-state index in [1.54, 1.807) is 21.3 Å². The summed E-state index contributed by atoms with van der Waals surface area (Å²) < 4.78 is 23.0. The molecule has 7 heteroatoms. The highest BCUT2D eigenvalue weighted by Crippen LogP contribution is 2.50. The average molecular weight is 451 g/mol. The third kappa shape index (κ3) is 3.41. The maximum atomic E-state index is 6.45. The van der Waals surface area contributed by atoms with Crippen molar-refractivity contribution >= 4 is 17.3 Å². The van der Waals surface area contributed by atoms with E-state index in [4.69, 9.17) is 35.6 Å². The van der Waals surface area contributed by atoms with Crippen molar-refractivity contribution in [2.24, 2.45) is 5.10 Å². The van der Waals surface area contributed by atoms with Crippen molar-refractivity contribution in [2.45, 2.75) is 18.7 Å². The summed E-state index contributed by atoms with van der Waals surface area (Å²) in [4.78, 5) is 0. The number of nitrogens with zero attached hydrogens (tertiary/aromatic N) is 2. The zero-order chi connectivity index (χ0) is 22.2. The van der Waals surface area contributed by atoms with Gasteiger partial charge < -0.3 is 18.9 Å². The first-order valence-electron chi connectivity index (χ1n) is 10.3. The first-order chi connectivity index (χ1) is 15.6. The second kappa shape index (κ2) is 8.28. The van der Waals surface area contributed by atoms with Gasteiger partial charge in [-0.2, -0.15) is 5.10 Å². The van der Waals surface area contributed by atoms with Gasteiger partial charge in [-0.1, -0.05) is 17.7 Å². The monoisotopic (exact) mass is 450 g/mol. The van der Waals surface area contributed by atoms with Crippen molar-refractivity contribution in [2.75, 3.05) is 21.3 Å². The second-order valence-corrected chi connectivity index (χ2v) is 8.05. The SMILES string of the molecule is COc1ccc(C2=NN3C(C2)c2cc(Cl)ccc2OC3c2cccc(OC)c2OC)cc1. The molecule has 2 atom stereocenters. The highest BCUT2D eigenvalue weighted by atomic mass is 35.5. The number of fused-ring (bicyclic) bond motifs is 3. The van der Waals surface area contributed by atoms with E-state index in [-0.39, 0.29) is 6.04 Å². The molecule has 0 bridgehead atoms. The number of hydrazone groups is 1. The second-order valence-electron chi connectivity index (χ2n) is 7.61. The van der Waals surface area contributed by atoms with E-state index >= 15 is 0 Å². The summed E-state index contributed by atoms with van der Waals surface area (Å²) in [7, 11) is 4.91. The normalized spacial score (nSPS) is 18.9. The van der Waals surface area contributed by atoms with Gasteiger partial charge in [-0.3, -0.25) is 0 Å². The van der Waals surface area contributed by atoms with Crippen molar-refractivity contribution in [3.05, 3.63) is 82.4 Å². The summed E-state index contributed by atoms with van der Waals surface area (Å²) in [5.74, 6) is 2.87. The number of para-hydroxylation sites is 1. The highest BCUT2D eigenvalue weighted by Gasteiger charge is 2.42. The summed E-state index contributed by atoms with van der Waals surface area (Å²) >= 11 is 6.33. The van der Waals surface area contributed by atoms with Crippen LogP contribution in [-0.4, -0.2) is 32.0 Å². The number of methoxy groups -OCH3 is 3. The molecule has 164 valence electrons. The van der Waals surface area contributed by atoms with Crippen LogP contribution < -0.4 is 18.9 Å². The minimum absolute atomic E-state index is 0.0181. The Kier molecular flexibility index (Phi) is 5.31. The topological polar surface area (TPSA) is 52.5 Å². The third-order valence-electron chi connectivity index (χ3n) is 5.87. The molecular formula is C25H23ClN2O4. The number of ether oxygens (including phenoxy) is 4. The fourth-order valence-corrected chi connectivity index (χ4v) is 4.51. The van der Waals surface area contributed by atoms with Crippen molar-refractivity contribution in [1.29, 1.82) is 0 Å². The average Bonchev–Trinajstić information content (AvgIpc) is 3.29. The van der Waals surface area contributed by atoms with E-state index in [9.17, 15) is 0 Å². The molecule has 0 amide bonds. The summed E-state index contributed by atoms with van der Waals surface area (Å²) in [5, 5.41) is 7.66. The van der Waals surface area contributed by atoms with Crippen LogP contribution in [0.15, 0.2) is 65.8 Å². The molecule has 0 fully saturated rings. The minimum atomic E-state index is -0.477. The van der Waals surface area contributed by atoms with Crippen LogP contribution in [0.5, 0.6) is 23.0 Å². The Hall–Kier alpha value is -3.38. The van der Waals surface area contributed by atoms with Gasteiger partial charge in [-0.25, -0.2) is 5.01 Å². The molecule has 0 saturated carbocycles. The van der Waals surface area contributed by atoms with Gasteiger partial charge in [0.25, 0.3) is 0 Å². The fraction of sp³-hybridized carbons (Fsp3) is 0.240. The Morgan fingerprint density at radius 1 is 0.938 bits per heavy atom. The number of benzene rings is 3. The van der Waals surface area contributed by atoms with E-state index in [2.05, 4.69) is 0 Å². The molecule has 5 rings (SSSR count). The van der Waals surface area contributed by atoms with Crippen LogP contribution in [0.4, 0.5) is 0 Å². The number of halogens is 1. The highest BCUT2D eigenvalue weighted by molar-refractivity contribution is 6.30. The van der Waals surface area contributed by atoms with Gasteiger partial charge in [0.1, 0.15) is 11.5 Å². The molecule has 0 saturated heterocycles. The van der Waals surface area contributed by atoms with Gasteiger partial charge in [-0.05, 0) is 60.2 Å². The van der Waals surface area contributed by atoms with E-state index in [1.165, 1.54) is 0 Å². The molecule has 0 spiro atoms. The molecule has 2 unspecified atom stereocenters. The molecule has 3 aromatic carbocycles. The van der Waals surface area contributed by atoms with Crippen molar-refractivity contribution in [3.8, 4) is 23.0 Å². The summed E-state index contributed by atoms with van der Waals surface area (Å²) in [6.45, 7) is 0. The summed E-state index contributed by atoms with van der Waals surface area (Å²) in [5.41, 5.74) is 3.88. The Morgan fingerprint density at radius 3 is 2.47 bits per heavy atom. The summed E-state index contributed by atoms with van der Waals surface area (Å²) in [6.07, 6.45) is 0.251. The Morgan fingerprint density at radius 2 is 1.75 bits per heavy atom. The zero-order valence-electron chi connectivity index (χ0n) is 18.0. The molecule has 32 heavy (non-hydrogen) atoms. The lowest BCUT2D eigenvalue weighted by Crippen LogP contribution is -2.34. The quantitative estimate of drug-likeness (QED) is 0.505. The van der Waals surface area contributed by atoms with Gasteiger partial charge in [0.15, 0.2) is 11.5 Å². The van der Waals surface area contributed by atoms with E-state index < -0.39 is 6.23 Å². The van der Waals surface area contributed by atoms with Gasteiger partial charge in [0.2, 0.25) is 6.23 Å². The Labute approximate surface area is 191 Å². The molecule has 2 heterocycles. The molecule has 2 aliphatic rings. The fourth-order valence-electron chi connectivity index (χ4n) is 4.33. The van der Waals surface area contributed by atoms with Crippen LogP contribution >= 0.6 is 11.6 Å². The predicted molar refractivity (Wildman–Crippen MR) is 123 cm³/mol. The van der Waals surface area contributed by atoms with E-state index in [0.29, 0.717) is 16.5 Å². The van der Waals surface area contributed by atoms with E-state index in [1.807, 2.05) is 65.7 Å². The zero-order valence-corrected chi connectivity index (χ0v) is 18.8. The first-order valence-corrected chi connectivity index (χ1v) is 10.7. The molecular weight excluding hydrogens is 428 g/mol. The standard InChI is InChI=1S/C25H23ClN2O4/c1-29-17-10-7-15(8-11-17)20-14-21-19-13-16(26)9-12-22(19)32-25(28(21)27-20)18-5-4-6-23(30-2)24(18)31-3/h4-13,21,25H,14H2,1-3H3. The lowest BCUT2D eigenvalue weighted by Gasteiger charge is -2.38. The molecule has 6 nitrogen and oxygen atoms in total. The maximum Gasteiger partial charge on any atom is 0.217 e. The lowest BCUT2D eigenvalue weighted by molar-refractivity contribution is -0.0205. The molecule has 0 radical (unpaired) electrons. The first kappa shape index (κ1) is 20.5. The van der Waals surface area contributed by atoms with Crippen LogP contribution in [0.3, 0.4) is 0 Å². The van der Waals surface area contributed by atoms with Crippen molar-refractivity contribution in [1.82, 2.24) is 5.01 Å². The Bertz CT molecular complexity index is 1180. The van der Waals surface area contributed by atoms with Crippen LogP contribution in [0, 0.1) is 0 Å². The van der Waals surface area contributed by atoms with Crippen molar-refractivity contribution in [3.63, 3.8) is 0 Å². The van der Waals surface area contributed by atoms with Crippen LogP contribution in [0.2, 0.25) is 5.02 Å². The molecule has 2 aliphatic heterocycles. The summed E-state index contributed by atoms with van der Waals surface area (Å²) in [6, 6.07) is 19.4. The van der Waals surface area contributed by atoms with Crippen LogP contribution in [-0.2, 0) is 0 Å². The molecule has 0 N–H and O–H groups in total. The minimum Gasteiger partial charge on any atom is -0.497 e. The molecule has 3 aromatic rings. The number of rotatable bonds is 5. The van der Waals surface area contributed by atoms with Crippen LogP contribution in [0.1, 0.15) is 35.4 Å². The number of hydrogen-bond acceptors (Lipinski definition) is 6. The molecule has 0 aliphatic carbocycles.